The average Bonchev–Trinajstić information content (AvgIpc) is 3.60. The minimum atomic E-state index is -1.67. The molecule has 2 amide bonds. The Bertz CT molecular complexity index is 2190. The van der Waals surface area contributed by atoms with Crippen LogP contribution in [0, 0.1) is 17.8 Å². The highest BCUT2D eigenvalue weighted by Crippen LogP contribution is 2.64. The van der Waals surface area contributed by atoms with Crippen LogP contribution in [-0.2, 0) is 24.5 Å². The van der Waals surface area contributed by atoms with E-state index in [0.717, 1.165) is 36.8 Å². The highest BCUT2D eigenvalue weighted by atomic mass is 16.6. The molecule has 4 aliphatic rings. The molecule has 292 valence electrons. The number of anilines is 1. The van der Waals surface area contributed by atoms with E-state index >= 15 is 4.79 Å². The SMILES string of the molecule is C=CCNC(=O)[C@@H]1[C@H]2C(=O)O[C@H](c3ccccc3)[C@H](c3ccccc3)N2[C@H](c2ccc(OCCO)cc2)[C@@]12C(=O)Nc1ccc(C#CC3(O)CCCCCC3)cc12. The fourth-order valence-electron chi connectivity index (χ4n) is 9.49. The van der Waals surface area contributed by atoms with Crippen molar-refractivity contribution in [2.24, 2.45) is 5.92 Å². The summed E-state index contributed by atoms with van der Waals surface area (Å²) in [6.07, 6.45) is 5.84. The Balaban J connectivity index is 1.39. The number of nitrogens with zero attached hydrogens (tertiary/aromatic N) is 1. The molecule has 4 aromatic rings. The highest BCUT2D eigenvalue weighted by molar-refractivity contribution is 6.12. The molecule has 0 aromatic heterocycles. The Kier molecular flexibility index (Phi) is 10.7. The van der Waals surface area contributed by atoms with E-state index in [9.17, 15) is 19.8 Å². The number of carbonyl (C=O) groups is 3. The summed E-state index contributed by atoms with van der Waals surface area (Å²) in [5.41, 5.74) is 1.10. The van der Waals surface area contributed by atoms with Gasteiger partial charge in [-0.2, -0.15) is 0 Å². The Labute approximate surface area is 332 Å². The number of aliphatic hydroxyl groups is 2. The summed E-state index contributed by atoms with van der Waals surface area (Å²) in [5, 5.41) is 27.0. The van der Waals surface area contributed by atoms with Crippen LogP contribution in [0.15, 0.2) is 116 Å². The lowest BCUT2D eigenvalue weighted by atomic mass is 9.65. The fourth-order valence-corrected chi connectivity index (χ4v) is 9.49. The smallest absolute Gasteiger partial charge is 0.324 e. The predicted octanol–water partition coefficient (Wildman–Crippen LogP) is 6.07. The topological polar surface area (TPSA) is 137 Å². The van der Waals surface area contributed by atoms with E-state index in [2.05, 4.69) is 29.1 Å². The van der Waals surface area contributed by atoms with E-state index in [1.54, 1.807) is 24.3 Å². The normalized spacial score (nSPS) is 26.2. The van der Waals surface area contributed by atoms with E-state index in [1.807, 2.05) is 89.8 Å². The summed E-state index contributed by atoms with van der Waals surface area (Å²) >= 11 is 0. The molecule has 2 saturated heterocycles. The number of morpholine rings is 1. The molecular formula is C47H47N3O7. The molecule has 10 nitrogen and oxygen atoms in total. The van der Waals surface area contributed by atoms with Crippen molar-refractivity contribution in [3.8, 4) is 17.6 Å². The molecular weight excluding hydrogens is 719 g/mol. The first-order chi connectivity index (χ1) is 27.8. The number of hydrogen-bond donors (Lipinski definition) is 4. The summed E-state index contributed by atoms with van der Waals surface area (Å²) < 4.78 is 12.2. The van der Waals surface area contributed by atoms with E-state index in [0.29, 0.717) is 41.0 Å². The van der Waals surface area contributed by atoms with Crippen LogP contribution in [0.4, 0.5) is 5.69 Å². The molecule has 0 unspecified atom stereocenters. The lowest BCUT2D eigenvalue weighted by Gasteiger charge is -2.46. The number of benzene rings is 4. The molecule has 3 fully saturated rings. The monoisotopic (exact) mass is 765 g/mol. The van der Waals surface area contributed by atoms with Crippen LogP contribution in [0.2, 0.25) is 0 Å². The minimum absolute atomic E-state index is 0.0991. The third kappa shape index (κ3) is 6.90. The first-order valence-corrected chi connectivity index (χ1v) is 19.8. The molecule has 6 atom stereocenters. The maximum absolute atomic E-state index is 15.3. The summed E-state index contributed by atoms with van der Waals surface area (Å²) in [6, 6.07) is 29.2. The standard InChI is InChI=1S/C47H47N3O7/c1-2-27-48-43(52)38-40-44(53)57-41(33-15-9-6-10-16-33)39(32-13-7-5-8-14-32)50(40)42(34-18-20-35(21-19-34)56-29-28-51)47(38)36-30-31(17-22-37(36)49-45(47)54)23-26-46(55)24-11-3-4-12-25-46/h2,5-10,13-22,30,38-42,51,55H,1,3-4,11-12,24-25,27-29H2,(H,48,52)(H,49,54)/t38-,39-,40-,41+,42+,47-/m0/s1. The van der Waals surface area contributed by atoms with E-state index < -0.39 is 58.9 Å². The van der Waals surface area contributed by atoms with Gasteiger partial charge in [-0.05, 0) is 78.3 Å². The van der Waals surface area contributed by atoms with Crippen LogP contribution in [-0.4, -0.2) is 64.3 Å². The van der Waals surface area contributed by atoms with Gasteiger partial charge < -0.3 is 30.3 Å². The Morgan fingerprint density at radius 1 is 0.912 bits per heavy atom. The molecule has 3 aliphatic heterocycles. The number of aliphatic hydroxyl groups excluding tert-OH is 1. The van der Waals surface area contributed by atoms with Gasteiger partial charge in [0, 0.05) is 17.8 Å². The van der Waals surface area contributed by atoms with Crippen molar-refractivity contribution in [1.29, 1.82) is 0 Å². The summed E-state index contributed by atoms with van der Waals surface area (Å²) in [7, 11) is 0. The number of amides is 2. The first-order valence-electron chi connectivity index (χ1n) is 19.8. The number of ether oxygens (including phenoxy) is 2. The van der Waals surface area contributed by atoms with Gasteiger partial charge in [0.15, 0.2) is 0 Å². The van der Waals surface area contributed by atoms with Crippen LogP contribution in [0.25, 0.3) is 0 Å². The van der Waals surface area contributed by atoms with Crippen LogP contribution >= 0.6 is 0 Å². The number of cyclic esters (lactones) is 1. The summed E-state index contributed by atoms with van der Waals surface area (Å²) in [4.78, 5) is 47.0. The van der Waals surface area contributed by atoms with Gasteiger partial charge in [0.05, 0.1) is 24.6 Å². The van der Waals surface area contributed by atoms with Gasteiger partial charge in [-0.1, -0.05) is 104 Å². The van der Waals surface area contributed by atoms with Crippen molar-refractivity contribution in [3.63, 3.8) is 0 Å². The zero-order valence-electron chi connectivity index (χ0n) is 31.7. The van der Waals surface area contributed by atoms with Gasteiger partial charge in [0.25, 0.3) is 0 Å². The third-order valence-corrected chi connectivity index (χ3v) is 11.9. The molecule has 0 bridgehead atoms. The first kappa shape index (κ1) is 38.2. The second-order valence-electron chi connectivity index (χ2n) is 15.4. The molecule has 3 heterocycles. The van der Waals surface area contributed by atoms with Crippen molar-refractivity contribution in [3.05, 3.63) is 144 Å². The Morgan fingerprint density at radius 3 is 2.26 bits per heavy atom. The quantitative estimate of drug-likeness (QED) is 0.0699. The minimum Gasteiger partial charge on any atom is -0.491 e. The Hall–Kier alpha value is -5.73. The van der Waals surface area contributed by atoms with Gasteiger partial charge in [-0.15, -0.1) is 6.58 Å². The maximum Gasteiger partial charge on any atom is 0.324 e. The lowest BCUT2D eigenvalue weighted by molar-refractivity contribution is -0.178. The number of fused-ring (bicyclic) bond motifs is 3. The number of rotatable bonds is 9. The second kappa shape index (κ2) is 16.0. The van der Waals surface area contributed by atoms with Crippen molar-refractivity contribution >= 4 is 23.5 Å². The lowest BCUT2D eigenvalue weighted by Crippen LogP contribution is -2.54. The molecule has 4 aromatic carbocycles. The van der Waals surface area contributed by atoms with Gasteiger partial charge in [0.2, 0.25) is 11.8 Å². The van der Waals surface area contributed by atoms with Gasteiger partial charge in [-0.25, -0.2) is 0 Å². The zero-order chi connectivity index (χ0) is 39.6. The number of nitrogens with one attached hydrogen (secondary N) is 2. The number of esters is 1. The van der Waals surface area contributed by atoms with E-state index in [4.69, 9.17) is 9.47 Å². The zero-order valence-corrected chi connectivity index (χ0v) is 31.7. The summed E-state index contributed by atoms with van der Waals surface area (Å²) in [6.45, 7) is 3.86. The van der Waals surface area contributed by atoms with Crippen LogP contribution < -0.4 is 15.4 Å². The molecule has 8 rings (SSSR count). The van der Waals surface area contributed by atoms with Crippen molar-refractivity contribution in [2.45, 2.75) is 73.8 Å². The fraction of sp³-hybridized carbons (Fsp3) is 0.340. The molecule has 0 radical (unpaired) electrons. The van der Waals surface area contributed by atoms with Gasteiger partial charge >= 0.3 is 5.97 Å². The van der Waals surface area contributed by atoms with E-state index in [-0.39, 0.29) is 19.8 Å². The highest BCUT2D eigenvalue weighted by Gasteiger charge is 2.74. The molecule has 1 spiro atoms. The number of hydrogen-bond acceptors (Lipinski definition) is 8. The Morgan fingerprint density at radius 2 is 1.60 bits per heavy atom. The second-order valence-corrected chi connectivity index (χ2v) is 15.4. The van der Waals surface area contributed by atoms with Crippen LogP contribution in [0.1, 0.15) is 84.5 Å². The van der Waals surface area contributed by atoms with Crippen molar-refractivity contribution in [1.82, 2.24) is 10.2 Å². The molecule has 57 heavy (non-hydrogen) atoms. The molecule has 10 heteroatoms. The number of carbonyl (C=O) groups excluding carboxylic acids is 3. The third-order valence-electron chi connectivity index (χ3n) is 11.9. The van der Waals surface area contributed by atoms with Gasteiger partial charge in [0.1, 0.15) is 35.5 Å². The van der Waals surface area contributed by atoms with E-state index in [1.165, 1.54) is 0 Å². The van der Waals surface area contributed by atoms with Crippen LogP contribution in [0.3, 0.4) is 0 Å². The largest absolute Gasteiger partial charge is 0.491 e. The van der Waals surface area contributed by atoms with Crippen molar-refractivity contribution in [2.75, 3.05) is 25.1 Å². The molecule has 1 aliphatic carbocycles. The van der Waals surface area contributed by atoms with Gasteiger partial charge in [-0.3, -0.25) is 19.3 Å². The molecule has 1 saturated carbocycles. The average molecular weight is 766 g/mol. The summed E-state index contributed by atoms with van der Waals surface area (Å²) in [5.74, 6) is 4.11. The van der Waals surface area contributed by atoms with Crippen LogP contribution in [0.5, 0.6) is 5.75 Å². The molecule has 4 N–H and O–H groups in total. The van der Waals surface area contributed by atoms with Crippen molar-refractivity contribution < 1.29 is 34.1 Å². The maximum atomic E-state index is 15.3. The predicted molar refractivity (Wildman–Crippen MR) is 215 cm³/mol.